The number of para-hydroxylation sites is 2. The summed E-state index contributed by atoms with van der Waals surface area (Å²) in [5, 5.41) is 2.69. The molecule has 138 valence electrons. The number of benzene rings is 2. The van der Waals surface area contributed by atoms with Crippen molar-refractivity contribution >= 4 is 17.6 Å². The lowest BCUT2D eigenvalue weighted by Crippen LogP contribution is -2.21. The normalized spacial score (nSPS) is 10.3. The number of amides is 1. The molecule has 2 aromatic carbocycles. The van der Waals surface area contributed by atoms with Crippen molar-refractivity contribution in [3.63, 3.8) is 0 Å². The van der Waals surface area contributed by atoms with E-state index in [2.05, 4.69) is 5.32 Å². The second-order valence-corrected chi connectivity index (χ2v) is 5.69. The van der Waals surface area contributed by atoms with Crippen LogP contribution in [0.3, 0.4) is 0 Å². The van der Waals surface area contributed by atoms with Gasteiger partial charge in [0.2, 0.25) is 0 Å². The number of hydrogen-bond acceptors (Lipinski definition) is 4. The Morgan fingerprint density at radius 1 is 0.963 bits per heavy atom. The maximum absolute atomic E-state index is 12.1. The Kier molecular flexibility index (Phi) is 5.89. The van der Waals surface area contributed by atoms with Crippen molar-refractivity contribution in [2.24, 2.45) is 0 Å². The van der Waals surface area contributed by atoms with Crippen LogP contribution in [0.1, 0.15) is 17.3 Å². The molecule has 0 saturated heterocycles. The van der Waals surface area contributed by atoms with Crippen molar-refractivity contribution < 1.29 is 19.1 Å². The largest absolute Gasteiger partial charge is 0.492 e. The molecule has 1 amide bonds. The van der Waals surface area contributed by atoms with Crippen molar-refractivity contribution in [2.45, 2.75) is 6.92 Å². The van der Waals surface area contributed by atoms with Gasteiger partial charge in [0.25, 0.3) is 5.91 Å². The summed E-state index contributed by atoms with van der Waals surface area (Å²) in [5.74, 6) is -0.415. The summed E-state index contributed by atoms with van der Waals surface area (Å²) in [6.45, 7) is 1.97. The second-order valence-electron chi connectivity index (χ2n) is 5.69. The summed E-state index contributed by atoms with van der Waals surface area (Å²) < 4.78 is 12.5. The van der Waals surface area contributed by atoms with Gasteiger partial charge in [-0.1, -0.05) is 12.1 Å². The van der Waals surface area contributed by atoms with Crippen molar-refractivity contribution in [3.8, 4) is 11.4 Å². The molecule has 0 atom stereocenters. The number of nitrogens with one attached hydrogen (secondary N) is 1. The van der Waals surface area contributed by atoms with Gasteiger partial charge in [0.05, 0.1) is 17.9 Å². The van der Waals surface area contributed by atoms with Gasteiger partial charge >= 0.3 is 5.97 Å². The molecule has 0 radical (unpaired) electrons. The van der Waals surface area contributed by atoms with E-state index in [9.17, 15) is 9.59 Å². The lowest BCUT2D eigenvalue weighted by atomic mass is 10.2. The molecule has 0 aliphatic carbocycles. The average molecular weight is 364 g/mol. The van der Waals surface area contributed by atoms with Crippen molar-refractivity contribution in [3.05, 3.63) is 78.6 Å². The van der Waals surface area contributed by atoms with Gasteiger partial charge in [0.1, 0.15) is 5.75 Å². The van der Waals surface area contributed by atoms with Gasteiger partial charge in [-0.15, -0.1) is 0 Å². The predicted octanol–water partition coefficient (Wildman–Crippen LogP) is 3.67. The van der Waals surface area contributed by atoms with Gasteiger partial charge in [0, 0.05) is 18.1 Å². The standard InChI is InChI=1S/C21H20N2O4/c1-2-26-19-8-4-3-7-18(19)22-20(24)15-27-21(25)16-9-11-17(12-10-16)23-13-5-6-14-23/h3-14H,2,15H2,1H3,(H,22,24). The first kappa shape index (κ1) is 18.3. The Morgan fingerprint density at radius 3 is 2.37 bits per heavy atom. The topological polar surface area (TPSA) is 69.6 Å². The van der Waals surface area contributed by atoms with Crippen LogP contribution >= 0.6 is 0 Å². The van der Waals surface area contributed by atoms with E-state index >= 15 is 0 Å². The van der Waals surface area contributed by atoms with Gasteiger partial charge in [-0.2, -0.15) is 0 Å². The number of carbonyl (C=O) groups is 2. The molecular formula is C21H20N2O4. The summed E-state index contributed by atoms with van der Waals surface area (Å²) in [5.41, 5.74) is 1.85. The fraction of sp³-hybridized carbons (Fsp3) is 0.143. The van der Waals surface area contributed by atoms with Gasteiger partial charge < -0.3 is 19.4 Å². The van der Waals surface area contributed by atoms with Crippen LogP contribution in [0.2, 0.25) is 0 Å². The minimum Gasteiger partial charge on any atom is -0.492 e. The third-order valence-corrected chi connectivity index (χ3v) is 3.80. The monoisotopic (exact) mass is 364 g/mol. The van der Waals surface area contributed by atoms with E-state index in [4.69, 9.17) is 9.47 Å². The summed E-state index contributed by atoms with van der Waals surface area (Å²) in [4.78, 5) is 24.2. The Morgan fingerprint density at radius 2 is 1.67 bits per heavy atom. The van der Waals surface area contributed by atoms with E-state index in [0.29, 0.717) is 23.6 Å². The number of esters is 1. The first-order chi connectivity index (χ1) is 13.2. The van der Waals surface area contributed by atoms with E-state index in [-0.39, 0.29) is 6.61 Å². The fourth-order valence-electron chi connectivity index (χ4n) is 2.53. The fourth-order valence-corrected chi connectivity index (χ4v) is 2.53. The van der Waals surface area contributed by atoms with Crippen LogP contribution in [0, 0.1) is 0 Å². The zero-order valence-corrected chi connectivity index (χ0v) is 14.9. The molecule has 6 heteroatoms. The van der Waals surface area contributed by atoms with Crippen molar-refractivity contribution in [1.29, 1.82) is 0 Å². The number of rotatable bonds is 7. The molecule has 0 fully saturated rings. The number of aromatic nitrogens is 1. The van der Waals surface area contributed by atoms with E-state index < -0.39 is 11.9 Å². The van der Waals surface area contributed by atoms with Crippen LogP contribution in [0.4, 0.5) is 5.69 Å². The Balaban J connectivity index is 1.55. The molecule has 6 nitrogen and oxygen atoms in total. The third-order valence-electron chi connectivity index (χ3n) is 3.80. The summed E-state index contributed by atoms with van der Waals surface area (Å²) in [6.07, 6.45) is 3.83. The molecule has 0 aliphatic heterocycles. The molecule has 0 spiro atoms. The first-order valence-electron chi connectivity index (χ1n) is 8.59. The Labute approximate surface area is 157 Å². The second kappa shape index (κ2) is 8.71. The van der Waals surface area contributed by atoms with Crippen molar-refractivity contribution in [1.82, 2.24) is 4.57 Å². The molecular weight excluding hydrogens is 344 g/mol. The van der Waals surface area contributed by atoms with Crippen LogP contribution in [0.15, 0.2) is 73.1 Å². The number of nitrogens with zero attached hydrogens (tertiary/aromatic N) is 1. The lowest BCUT2D eigenvalue weighted by Gasteiger charge is -2.11. The number of ether oxygens (including phenoxy) is 2. The maximum atomic E-state index is 12.1. The quantitative estimate of drug-likeness (QED) is 0.650. The summed E-state index contributed by atoms with van der Waals surface area (Å²) in [6, 6.07) is 17.9. The predicted molar refractivity (Wildman–Crippen MR) is 102 cm³/mol. The highest BCUT2D eigenvalue weighted by molar-refractivity contribution is 5.96. The Hall–Kier alpha value is -3.54. The number of carbonyl (C=O) groups excluding carboxylic acids is 2. The van der Waals surface area contributed by atoms with E-state index in [1.54, 1.807) is 30.3 Å². The summed E-state index contributed by atoms with van der Waals surface area (Å²) >= 11 is 0. The molecule has 0 saturated carbocycles. The van der Waals surface area contributed by atoms with Gasteiger partial charge in [-0.25, -0.2) is 4.79 Å². The van der Waals surface area contributed by atoms with Crippen molar-refractivity contribution in [2.75, 3.05) is 18.5 Å². The molecule has 1 N–H and O–H groups in total. The Bertz CT molecular complexity index is 902. The SMILES string of the molecule is CCOc1ccccc1NC(=O)COC(=O)c1ccc(-n2cccc2)cc1. The van der Waals surface area contributed by atoms with Gasteiger partial charge in [0.15, 0.2) is 6.61 Å². The zero-order valence-electron chi connectivity index (χ0n) is 14.9. The highest BCUT2D eigenvalue weighted by Crippen LogP contribution is 2.23. The van der Waals surface area contributed by atoms with Crippen LogP contribution in [0.25, 0.3) is 5.69 Å². The van der Waals surface area contributed by atoms with Gasteiger partial charge in [-0.05, 0) is 55.5 Å². The molecule has 3 rings (SSSR count). The molecule has 0 aliphatic rings. The van der Waals surface area contributed by atoms with Crippen LogP contribution in [-0.2, 0) is 9.53 Å². The zero-order chi connectivity index (χ0) is 19.1. The average Bonchev–Trinajstić information content (AvgIpc) is 3.23. The van der Waals surface area contributed by atoms with E-state index in [0.717, 1.165) is 5.69 Å². The molecule has 1 heterocycles. The number of hydrogen-bond donors (Lipinski definition) is 1. The molecule has 27 heavy (non-hydrogen) atoms. The molecule has 0 bridgehead atoms. The molecule has 1 aromatic heterocycles. The van der Waals surface area contributed by atoms with Crippen LogP contribution in [-0.4, -0.2) is 29.7 Å². The molecule has 3 aromatic rings. The maximum Gasteiger partial charge on any atom is 0.338 e. The third kappa shape index (κ3) is 4.76. The molecule has 0 unspecified atom stereocenters. The smallest absolute Gasteiger partial charge is 0.338 e. The highest BCUT2D eigenvalue weighted by atomic mass is 16.5. The summed E-state index contributed by atoms with van der Waals surface area (Å²) in [7, 11) is 0. The lowest BCUT2D eigenvalue weighted by molar-refractivity contribution is -0.119. The first-order valence-corrected chi connectivity index (χ1v) is 8.59. The minimum absolute atomic E-state index is 0.376. The van der Waals surface area contributed by atoms with Gasteiger partial charge in [-0.3, -0.25) is 4.79 Å². The number of anilines is 1. The van der Waals surface area contributed by atoms with Crippen LogP contribution < -0.4 is 10.1 Å². The van der Waals surface area contributed by atoms with E-state index in [1.807, 2.05) is 54.2 Å². The van der Waals surface area contributed by atoms with E-state index in [1.165, 1.54) is 0 Å². The minimum atomic E-state index is -0.553. The van der Waals surface area contributed by atoms with Crippen LogP contribution in [0.5, 0.6) is 5.75 Å². The highest BCUT2D eigenvalue weighted by Gasteiger charge is 2.12.